The van der Waals surface area contributed by atoms with Crippen LogP contribution in [-0.4, -0.2) is 20.5 Å². The Morgan fingerprint density at radius 3 is 2.71 bits per heavy atom. The van der Waals surface area contributed by atoms with Gasteiger partial charge in [0.25, 0.3) is 5.56 Å². The Morgan fingerprint density at radius 1 is 1.18 bits per heavy atom. The van der Waals surface area contributed by atoms with Crippen molar-refractivity contribution in [3.05, 3.63) is 63.3 Å². The molecule has 0 aliphatic rings. The summed E-state index contributed by atoms with van der Waals surface area (Å²) in [5.74, 6) is 0.708. The summed E-state index contributed by atoms with van der Waals surface area (Å²) in [7, 11) is -1.02. The molecule has 0 saturated heterocycles. The standard InChI is InChI=1S/C20H18N2O4S2/c1-11-9-12(3-4-13(11)10-21-28(24)25)17-16(26-2)6-5-15-18(17)14-7-8-27-19(14)20(23)22-15/h3-9,28H,10H2,1-2H3,(H,22,23)(H,21,24,25). The number of fused-ring (bicyclic) bond motifs is 3. The molecule has 4 rings (SSSR count). The number of hydrogen-bond donors (Lipinski definition) is 3. The van der Waals surface area contributed by atoms with Gasteiger partial charge in [-0.15, -0.1) is 11.3 Å². The molecular weight excluding hydrogens is 396 g/mol. The van der Waals surface area contributed by atoms with E-state index in [1.807, 2.05) is 48.7 Å². The Labute approximate surface area is 166 Å². The van der Waals surface area contributed by atoms with E-state index in [4.69, 9.17) is 4.74 Å². The second-order valence-electron chi connectivity index (χ2n) is 6.42. The molecule has 2 heterocycles. The van der Waals surface area contributed by atoms with Gasteiger partial charge in [0.15, 0.2) is 0 Å². The molecule has 0 aliphatic heterocycles. The monoisotopic (exact) mass is 414 g/mol. The van der Waals surface area contributed by atoms with E-state index in [-0.39, 0.29) is 12.1 Å². The molecule has 0 radical (unpaired) electrons. The number of aromatic nitrogens is 1. The number of aryl methyl sites for hydroxylation is 1. The van der Waals surface area contributed by atoms with Gasteiger partial charge >= 0.3 is 0 Å². The van der Waals surface area contributed by atoms with Gasteiger partial charge in [-0.3, -0.25) is 4.79 Å². The molecule has 8 heteroatoms. The minimum Gasteiger partial charge on any atom is -0.496 e. The van der Waals surface area contributed by atoms with Gasteiger partial charge in [0, 0.05) is 28.4 Å². The van der Waals surface area contributed by atoms with Crippen molar-refractivity contribution in [3.8, 4) is 16.9 Å². The zero-order chi connectivity index (χ0) is 19.8. The minimum atomic E-state index is -2.64. The Balaban J connectivity index is 1.98. The van der Waals surface area contributed by atoms with E-state index in [9.17, 15) is 13.2 Å². The lowest BCUT2D eigenvalue weighted by atomic mass is 9.94. The molecule has 28 heavy (non-hydrogen) atoms. The number of aromatic amines is 1. The van der Waals surface area contributed by atoms with E-state index in [0.717, 1.165) is 38.5 Å². The maximum Gasteiger partial charge on any atom is 0.266 e. The predicted octanol–water partition coefficient (Wildman–Crippen LogP) is 3.34. The topological polar surface area (TPSA) is 88.3 Å². The lowest BCUT2D eigenvalue weighted by Gasteiger charge is -2.15. The number of ether oxygens (including phenoxy) is 1. The van der Waals surface area contributed by atoms with Gasteiger partial charge < -0.3 is 9.72 Å². The number of methoxy groups -OCH3 is 1. The van der Waals surface area contributed by atoms with E-state index in [1.54, 1.807) is 7.11 Å². The van der Waals surface area contributed by atoms with Crippen molar-refractivity contribution in [1.82, 2.24) is 9.71 Å². The first-order valence-corrected chi connectivity index (χ1v) is 10.6. The number of thiophene rings is 1. The molecule has 0 aliphatic carbocycles. The van der Waals surface area contributed by atoms with E-state index in [0.29, 0.717) is 10.4 Å². The van der Waals surface area contributed by atoms with Gasteiger partial charge in [0.2, 0.25) is 10.9 Å². The first-order chi connectivity index (χ1) is 13.5. The highest BCUT2D eigenvalue weighted by atomic mass is 32.2. The van der Waals surface area contributed by atoms with Crippen molar-refractivity contribution in [3.63, 3.8) is 0 Å². The summed E-state index contributed by atoms with van der Waals surface area (Å²) < 4.78 is 30.4. The molecule has 2 aromatic heterocycles. The average Bonchev–Trinajstić information content (AvgIpc) is 3.16. The van der Waals surface area contributed by atoms with Gasteiger partial charge in [-0.25, -0.2) is 13.1 Å². The summed E-state index contributed by atoms with van der Waals surface area (Å²) in [6.45, 7) is 2.19. The van der Waals surface area contributed by atoms with E-state index >= 15 is 0 Å². The average molecular weight is 415 g/mol. The molecule has 144 valence electrons. The fraction of sp³-hybridized carbons (Fsp3) is 0.150. The van der Waals surface area contributed by atoms with Crippen LogP contribution >= 0.6 is 11.3 Å². The van der Waals surface area contributed by atoms with Gasteiger partial charge in [-0.1, -0.05) is 18.2 Å². The van der Waals surface area contributed by atoms with Crippen LogP contribution in [0.1, 0.15) is 11.1 Å². The smallest absolute Gasteiger partial charge is 0.266 e. The van der Waals surface area contributed by atoms with Gasteiger partial charge in [-0.05, 0) is 47.2 Å². The largest absolute Gasteiger partial charge is 0.496 e. The molecule has 0 bridgehead atoms. The molecule has 0 saturated carbocycles. The SMILES string of the molecule is COc1ccc2[nH]c(=O)c3sccc3c2c1-c1ccc(CN[SH](=O)=O)c(C)c1. The third-order valence-electron chi connectivity index (χ3n) is 4.81. The number of thiol groups is 1. The number of pyridine rings is 1. The Morgan fingerprint density at radius 2 is 2.00 bits per heavy atom. The third kappa shape index (κ3) is 3.19. The van der Waals surface area contributed by atoms with Crippen LogP contribution < -0.4 is 15.0 Å². The van der Waals surface area contributed by atoms with Crippen molar-refractivity contribution in [1.29, 1.82) is 0 Å². The molecule has 0 spiro atoms. The van der Waals surface area contributed by atoms with E-state index in [1.165, 1.54) is 11.3 Å². The van der Waals surface area contributed by atoms with Gasteiger partial charge in [0.05, 0.1) is 7.11 Å². The first kappa shape index (κ1) is 18.7. The minimum absolute atomic E-state index is 0.0991. The fourth-order valence-electron chi connectivity index (χ4n) is 3.48. The maximum atomic E-state index is 12.3. The molecule has 0 fully saturated rings. The highest BCUT2D eigenvalue weighted by Crippen LogP contribution is 2.40. The van der Waals surface area contributed by atoms with Crippen molar-refractivity contribution in [2.24, 2.45) is 0 Å². The summed E-state index contributed by atoms with van der Waals surface area (Å²) in [4.78, 5) is 15.3. The predicted molar refractivity (Wildman–Crippen MR) is 114 cm³/mol. The number of benzene rings is 2. The van der Waals surface area contributed by atoms with Crippen molar-refractivity contribution >= 4 is 43.2 Å². The maximum absolute atomic E-state index is 12.3. The number of nitrogens with one attached hydrogen (secondary N) is 2. The number of H-pyrrole nitrogens is 1. The second kappa shape index (κ2) is 7.38. The van der Waals surface area contributed by atoms with Crippen LogP contribution in [0.3, 0.4) is 0 Å². The van der Waals surface area contributed by atoms with Crippen LogP contribution in [0.5, 0.6) is 5.75 Å². The molecule has 0 unspecified atom stereocenters. The van der Waals surface area contributed by atoms with E-state index < -0.39 is 10.9 Å². The van der Waals surface area contributed by atoms with Crippen LogP contribution in [0.25, 0.3) is 32.1 Å². The summed E-state index contributed by atoms with van der Waals surface area (Å²) in [5, 5.41) is 3.74. The highest BCUT2D eigenvalue weighted by molar-refractivity contribution is 7.70. The number of rotatable bonds is 5. The van der Waals surface area contributed by atoms with Crippen molar-refractivity contribution in [2.45, 2.75) is 13.5 Å². The Kier molecular flexibility index (Phi) is 4.92. The van der Waals surface area contributed by atoms with Crippen LogP contribution in [0.2, 0.25) is 0 Å². The lowest BCUT2D eigenvalue weighted by molar-refractivity contribution is 0.417. The highest BCUT2D eigenvalue weighted by Gasteiger charge is 2.16. The third-order valence-corrected chi connectivity index (χ3v) is 6.14. The van der Waals surface area contributed by atoms with E-state index in [2.05, 4.69) is 9.71 Å². The normalized spacial score (nSPS) is 11.5. The van der Waals surface area contributed by atoms with Gasteiger partial charge in [-0.2, -0.15) is 0 Å². The van der Waals surface area contributed by atoms with Crippen LogP contribution in [-0.2, 0) is 17.4 Å². The summed E-state index contributed by atoms with van der Waals surface area (Å²) >= 11 is 1.41. The Bertz CT molecular complexity index is 1330. The zero-order valence-corrected chi connectivity index (χ0v) is 16.9. The molecular formula is C20H18N2O4S2. The zero-order valence-electron chi connectivity index (χ0n) is 15.2. The second-order valence-corrected chi connectivity index (χ2v) is 8.16. The lowest BCUT2D eigenvalue weighted by Crippen LogP contribution is -2.11. The molecule has 6 nitrogen and oxygen atoms in total. The molecule has 2 aromatic carbocycles. The quantitative estimate of drug-likeness (QED) is 0.437. The first-order valence-electron chi connectivity index (χ1n) is 8.57. The van der Waals surface area contributed by atoms with Crippen molar-refractivity contribution < 1.29 is 13.2 Å². The fourth-order valence-corrected chi connectivity index (χ4v) is 4.58. The summed E-state index contributed by atoms with van der Waals surface area (Å²) in [5.41, 5.74) is 4.35. The molecule has 2 N–H and O–H groups in total. The van der Waals surface area contributed by atoms with Crippen LogP contribution in [0, 0.1) is 6.92 Å². The van der Waals surface area contributed by atoms with Crippen LogP contribution in [0.4, 0.5) is 0 Å². The molecule has 4 aromatic rings. The number of hydrogen-bond acceptors (Lipinski definition) is 5. The molecule has 0 amide bonds. The molecule has 0 atom stereocenters. The van der Waals surface area contributed by atoms with Crippen molar-refractivity contribution in [2.75, 3.05) is 7.11 Å². The van der Waals surface area contributed by atoms with Crippen LogP contribution in [0.15, 0.2) is 46.6 Å². The summed E-state index contributed by atoms with van der Waals surface area (Å²) in [6, 6.07) is 11.5. The Hall–Kier alpha value is -2.68. The van der Waals surface area contributed by atoms with Gasteiger partial charge in [0.1, 0.15) is 10.4 Å². The summed E-state index contributed by atoms with van der Waals surface area (Å²) in [6.07, 6.45) is 0.